The summed E-state index contributed by atoms with van der Waals surface area (Å²) in [5.41, 5.74) is -1.96. The van der Waals surface area contributed by atoms with Crippen LogP contribution < -0.4 is 15.8 Å². The zero-order valence-corrected chi connectivity index (χ0v) is 18.1. The molecule has 4 amide bonds. The molecule has 0 atom stereocenters. The Morgan fingerprint density at radius 1 is 1.21 bits per heavy atom. The van der Waals surface area contributed by atoms with Gasteiger partial charge in [0.05, 0.1) is 12.2 Å². The summed E-state index contributed by atoms with van der Waals surface area (Å²) in [7, 11) is 1.47. The van der Waals surface area contributed by atoms with E-state index in [1.165, 1.54) is 16.8 Å². The zero-order valence-electron chi connectivity index (χ0n) is 18.1. The number of nitrogens with one attached hydrogen (secondary N) is 1. The van der Waals surface area contributed by atoms with Crippen molar-refractivity contribution in [2.75, 3.05) is 18.7 Å². The van der Waals surface area contributed by atoms with Crippen LogP contribution in [0, 0.1) is 11.6 Å². The van der Waals surface area contributed by atoms with Crippen LogP contribution in [0.2, 0.25) is 0 Å². The lowest BCUT2D eigenvalue weighted by Crippen LogP contribution is -2.64. The van der Waals surface area contributed by atoms with Gasteiger partial charge in [-0.1, -0.05) is 6.07 Å². The molecule has 0 spiro atoms. The Morgan fingerprint density at radius 2 is 1.91 bits per heavy atom. The number of amides is 4. The molecule has 0 bridgehead atoms. The van der Waals surface area contributed by atoms with Crippen molar-refractivity contribution in [3.63, 3.8) is 0 Å². The summed E-state index contributed by atoms with van der Waals surface area (Å²) >= 11 is 0. The van der Waals surface area contributed by atoms with E-state index in [1.54, 1.807) is 13.8 Å². The van der Waals surface area contributed by atoms with Crippen LogP contribution in [-0.4, -0.2) is 57.2 Å². The van der Waals surface area contributed by atoms with Gasteiger partial charge in [0.2, 0.25) is 5.43 Å². The van der Waals surface area contributed by atoms with Crippen molar-refractivity contribution in [1.82, 2.24) is 19.8 Å². The molecule has 10 nitrogen and oxygen atoms in total. The molecular weight excluding hydrogens is 440 g/mol. The maximum atomic E-state index is 13.9. The van der Waals surface area contributed by atoms with Gasteiger partial charge in [0.1, 0.15) is 23.9 Å². The Labute approximate surface area is 186 Å². The average molecular weight is 461 g/mol. The summed E-state index contributed by atoms with van der Waals surface area (Å²) in [6.45, 7) is 2.76. The Balaban J connectivity index is 1.81. The summed E-state index contributed by atoms with van der Waals surface area (Å²) in [5, 5.41) is 14.1. The number of nitrogens with zero attached hydrogens (tertiary/aromatic N) is 4. The maximum absolute atomic E-state index is 13.9. The number of urea groups is 1. The molecule has 2 aliphatic heterocycles. The first kappa shape index (κ1) is 22.2. The van der Waals surface area contributed by atoms with Crippen LogP contribution in [-0.2, 0) is 13.1 Å². The Kier molecular flexibility index (Phi) is 5.30. The standard InChI is InChI=1S/C21H21F2N5O5/c1-10(2)26-9-27-21(33)25(3)8-14-15(17(29)18(30)16(20(26)32)28(14)27)19(31)24-7-11-4-5-12(22)6-13(11)23/h4-6,10,30H,7-9H2,1-3H3,(H,24,31). The molecule has 0 aliphatic carbocycles. The lowest BCUT2D eigenvalue weighted by Gasteiger charge is -2.45. The fraction of sp³-hybridized carbons (Fsp3) is 0.333. The number of aromatic nitrogens is 1. The number of hydrogen-bond donors (Lipinski definition) is 2. The first-order valence-electron chi connectivity index (χ1n) is 10.1. The van der Waals surface area contributed by atoms with E-state index in [1.807, 2.05) is 0 Å². The van der Waals surface area contributed by atoms with Gasteiger partial charge >= 0.3 is 6.03 Å². The highest BCUT2D eigenvalue weighted by Crippen LogP contribution is 2.29. The minimum absolute atomic E-state index is 0.0163. The third-order valence-corrected chi connectivity index (χ3v) is 5.65. The van der Waals surface area contributed by atoms with Crippen molar-refractivity contribution in [2.24, 2.45) is 0 Å². The highest BCUT2D eigenvalue weighted by atomic mass is 19.1. The third-order valence-electron chi connectivity index (χ3n) is 5.65. The third kappa shape index (κ3) is 3.47. The van der Waals surface area contributed by atoms with Crippen molar-refractivity contribution >= 4 is 17.8 Å². The molecule has 2 aliphatic rings. The van der Waals surface area contributed by atoms with Gasteiger partial charge in [0, 0.05) is 31.3 Å². The minimum Gasteiger partial charge on any atom is -0.502 e. The molecule has 33 heavy (non-hydrogen) atoms. The second-order valence-electron chi connectivity index (χ2n) is 8.13. The van der Waals surface area contributed by atoms with Crippen LogP contribution in [0.3, 0.4) is 0 Å². The molecule has 174 valence electrons. The quantitative estimate of drug-likeness (QED) is 0.707. The first-order chi connectivity index (χ1) is 15.5. The van der Waals surface area contributed by atoms with Gasteiger partial charge < -0.3 is 20.2 Å². The number of benzene rings is 1. The number of carbonyl (C=O) groups excluding carboxylic acids is 3. The van der Waals surface area contributed by atoms with E-state index in [0.29, 0.717) is 6.07 Å². The largest absolute Gasteiger partial charge is 0.502 e. The van der Waals surface area contributed by atoms with Gasteiger partial charge in [0.25, 0.3) is 11.8 Å². The van der Waals surface area contributed by atoms with Crippen LogP contribution in [0.1, 0.15) is 46.0 Å². The Bertz CT molecular complexity index is 1260. The lowest BCUT2D eigenvalue weighted by atomic mass is 10.1. The molecular formula is C21H21F2N5O5. The van der Waals surface area contributed by atoms with E-state index in [4.69, 9.17) is 0 Å². The number of carbonyl (C=O) groups is 3. The van der Waals surface area contributed by atoms with Gasteiger partial charge in [-0.3, -0.25) is 14.4 Å². The summed E-state index contributed by atoms with van der Waals surface area (Å²) in [6.07, 6.45) is 0. The topological polar surface area (TPSA) is 115 Å². The number of hydrogen-bond acceptors (Lipinski definition) is 5. The molecule has 0 saturated carbocycles. The molecule has 4 rings (SSSR count). The van der Waals surface area contributed by atoms with Crippen molar-refractivity contribution < 1.29 is 28.3 Å². The number of rotatable bonds is 4. The minimum atomic E-state index is -1.09. The van der Waals surface area contributed by atoms with Crippen molar-refractivity contribution in [3.8, 4) is 5.75 Å². The van der Waals surface area contributed by atoms with E-state index >= 15 is 0 Å². The van der Waals surface area contributed by atoms with E-state index in [9.17, 15) is 33.1 Å². The van der Waals surface area contributed by atoms with Crippen LogP contribution >= 0.6 is 0 Å². The number of aromatic hydroxyl groups is 1. The first-order valence-corrected chi connectivity index (χ1v) is 10.1. The molecule has 2 N–H and O–H groups in total. The SMILES string of the molecule is CC(C)N1CN2C(=O)N(C)Cc3c(C(=O)NCc4ccc(F)cc4F)c(=O)c(O)c(n32)C1=O. The summed E-state index contributed by atoms with van der Waals surface area (Å²) in [5.74, 6) is -4.22. The molecule has 12 heteroatoms. The molecule has 0 saturated heterocycles. The van der Waals surface area contributed by atoms with Gasteiger partial charge in [-0.15, -0.1) is 0 Å². The fourth-order valence-electron chi connectivity index (χ4n) is 3.91. The molecule has 3 heterocycles. The van der Waals surface area contributed by atoms with Gasteiger partial charge in [-0.05, 0) is 19.9 Å². The van der Waals surface area contributed by atoms with Gasteiger partial charge in [0.15, 0.2) is 11.4 Å². The van der Waals surface area contributed by atoms with E-state index in [2.05, 4.69) is 5.32 Å². The highest BCUT2D eigenvalue weighted by molar-refractivity contribution is 6.02. The van der Waals surface area contributed by atoms with Crippen molar-refractivity contribution in [1.29, 1.82) is 0 Å². The predicted molar refractivity (Wildman–Crippen MR) is 111 cm³/mol. The molecule has 1 aromatic carbocycles. The predicted octanol–water partition coefficient (Wildman–Crippen LogP) is 1.09. The highest BCUT2D eigenvalue weighted by Gasteiger charge is 2.43. The van der Waals surface area contributed by atoms with Gasteiger partial charge in [-0.25, -0.2) is 23.3 Å². The monoisotopic (exact) mass is 461 g/mol. The Hall–Kier alpha value is -3.96. The number of pyridine rings is 1. The Morgan fingerprint density at radius 3 is 2.55 bits per heavy atom. The van der Waals surface area contributed by atoms with Crippen LogP contribution in [0.4, 0.5) is 13.6 Å². The van der Waals surface area contributed by atoms with E-state index in [-0.39, 0.29) is 37.1 Å². The van der Waals surface area contributed by atoms with Gasteiger partial charge in [-0.2, -0.15) is 0 Å². The molecule has 0 unspecified atom stereocenters. The lowest BCUT2D eigenvalue weighted by molar-refractivity contribution is 0.0618. The molecule has 1 aromatic heterocycles. The summed E-state index contributed by atoms with van der Waals surface area (Å²) < 4.78 is 28.2. The van der Waals surface area contributed by atoms with E-state index in [0.717, 1.165) is 21.8 Å². The molecule has 0 radical (unpaired) electrons. The average Bonchev–Trinajstić information content (AvgIpc) is 2.74. The molecule has 0 fully saturated rings. The molecule has 2 aromatic rings. The second-order valence-corrected chi connectivity index (χ2v) is 8.13. The van der Waals surface area contributed by atoms with Crippen LogP contribution in [0.25, 0.3) is 0 Å². The number of halogens is 2. The normalized spacial score (nSPS) is 15.3. The van der Waals surface area contributed by atoms with Crippen molar-refractivity contribution in [2.45, 2.75) is 33.0 Å². The van der Waals surface area contributed by atoms with Crippen LogP contribution in [0.5, 0.6) is 5.75 Å². The second kappa shape index (κ2) is 7.87. The fourth-order valence-corrected chi connectivity index (χ4v) is 3.91. The summed E-state index contributed by atoms with van der Waals surface area (Å²) in [6, 6.07) is 2.01. The summed E-state index contributed by atoms with van der Waals surface area (Å²) in [4.78, 5) is 54.3. The van der Waals surface area contributed by atoms with E-state index < -0.39 is 51.9 Å². The zero-order chi connectivity index (χ0) is 24.2. The van der Waals surface area contributed by atoms with Crippen molar-refractivity contribution in [3.05, 3.63) is 62.6 Å². The van der Waals surface area contributed by atoms with Crippen LogP contribution in [0.15, 0.2) is 23.0 Å². The smallest absolute Gasteiger partial charge is 0.340 e. The maximum Gasteiger partial charge on any atom is 0.340 e.